The molecule has 0 radical (unpaired) electrons. The molecule has 1 aromatic carbocycles. The second-order valence-electron chi connectivity index (χ2n) is 10.2. The van der Waals surface area contributed by atoms with Gasteiger partial charge in [-0.15, -0.1) is 0 Å². The number of hydrogen-bond donors (Lipinski definition) is 1. The van der Waals surface area contributed by atoms with Gasteiger partial charge in [0.05, 0.1) is 5.52 Å². The Balaban J connectivity index is 1.39. The van der Waals surface area contributed by atoms with Crippen LogP contribution in [0.15, 0.2) is 24.3 Å². The molecular formula is C27H38N4O2. The van der Waals surface area contributed by atoms with Crippen LogP contribution in [-0.2, 0) is 9.59 Å². The van der Waals surface area contributed by atoms with Gasteiger partial charge >= 0.3 is 0 Å². The van der Waals surface area contributed by atoms with Gasteiger partial charge in [0.1, 0.15) is 5.82 Å². The maximum Gasteiger partial charge on any atom is 0.224 e. The van der Waals surface area contributed by atoms with E-state index < -0.39 is 0 Å². The Morgan fingerprint density at radius 2 is 1.70 bits per heavy atom. The molecule has 1 N–H and O–H groups in total. The number of likely N-dealkylation sites (tertiary alicyclic amines) is 1. The van der Waals surface area contributed by atoms with E-state index in [1.165, 1.54) is 19.3 Å². The van der Waals surface area contributed by atoms with E-state index in [9.17, 15) is 9.59 Å². The molecule has 0 bridgehead atoms. The molecule has 178 valence electrons. The Kier molecular flexibility index (Phi) is 7.51. The lowest BCUT2D eigenvalue weighted by molar-refractivity contribution is -0.132. The second kappa shape index (κ2) is 10.5. The molecule has 2 atom stereocenters. The maximum absolute atomic E-state index is 12.5. The van der Waals surface area contributed by atoms with Crippen LogP contribution in [0.5, 0.6) is 0 Å². The maximum atomic E-state index is 12.5. The van der Waals surface area contributed by atoms with Crippen LogP contribution in [0.25, 0.3) is 10.9 Å². The van der Waals surface area contributed by atoms with Crippen molar-refractivity contribution in [2.75, 3.05) is 36.4 Å². The molecule has 2 aromatic rings. The van der Waals surface area contributed by atoms with E-state index in [0.717, 1.165) is 67.0 Å². The summed E-state index contributed by atoms with van der Waals surface area (Å²) in [4.78, 5) is 34.2. The van der Waals surface area contributed by atoms with Crippen LogP contribution in [0.4, 0.5) is 11.5 Å². The first-order valence-corrected chi connectivity index (χ1v) is 12.6. The van der Waals surface area contributed by atoms with Crippen LogP contribution in [0, 0.1) is 18.8 Å². The van der Waals surface area contributed by atoms with E-state index in [2.05, 4.69) is 37.1 Å². The zero-order chi connectivity index (χ0) is 23.4. The molecule has 0 spiro atoms. The molecular weight excluding hydrogens is 412 g/mol. The van der Waals surface area contributed by atoms with Gasteiger partial charge in [-0.3, -0.25) is 9.59 Å². The predicted molar refractivity (Wildman–Crippen MR) is 135 cm³/mol. The Labute approximate surface area is 197 Å². The molecule has 0 unspecified atom stereocenters. The Morgan fingerprint density at radius 3 is 2.39 bits per heavy atom. The standard InChI is InChI=1S/C27H38N4O2/c1-19-14-20(2)18-31(17-19)25-15-21(3)23-16-22(8-9-24(23)29-25)28-26(32)10-11-27(33)30-12-6-4-5-7-13-30/h8-9,15-16,19-20H,4-7,10-14,17-18H2,1-3H3,(H,28,32)/t19-,20-/m0/s1. The lowest BCUT2D eigenvalue weighted by Gasteiger charge is -2.36. The first-order chi connectivity index (χ1) is 15.9. The smallest absolute Gasteiger partial charge is 0.224 e. The van der Waals surface area contributed by atoms with Crippen molar-refractivity contribution >= 4 is 34.2 Å². The zero-order valence-electron chi connectivity index (χ0n) is 20.4. The number of amides is 2. The zero-order valence-corrected chi connectivity index (χ0v) is 20.4. The lowest BCUT2D eigenvalue weighted by atomic mass is 9.92. The molecule has 0 saturated carbocycles. The molecule has 2 saturated heterocycles. The van der Waals surface area contributed by atoms with Gasteiger partial charge < -0.3 is 15.1 Å². The third kappa shape index (κ3) is 6.04. The highest BCUT2D eigenvalue weighted by Crippen LogP contribution is 2.29. The van der Waals surface area contributed by atoms with E-state index in [0.29, 0.717) is 11.8 Å². The number of carbonyl (C=O) groups excluding carboxylic acids is 2. The molecule has 33 heavy (non-hydrogen) atoms. The summed E-state index contributed by atoms with van der Waals surface area (Å²) in [5, 5.41) is 4.02. The molecule has 2 aliphatic heterocycles. The number of aromatic nitrogens is 1. The molecule has 1 aromatic heterocycles. The first-order valence-electron chi connectivity index (χ1n) is 12.6. The molecule has 2 aliphatic rings. The van der Waals surface area contributed by atoms with Crippen LogP contribution in [0.2, 0.25) is 0 Å². The number of anilines is 2. The van der Waals surface area contributed by atoms with Crippen molar-refractivity contribution in [1.29, 1.82) is 0 Å². The van der Waals surface area contributed by atoms with Gasteiger partial charge in [0.25, 0.3) is 0 Å². The highest BCUT2D eigenvalue weighted by Gasteiger charge is 2.23. The third-order valence-electron chi connectivity index (χ3n) is 7.00. The number of rotatable bonds is 5. The van der Waals surface area contributed by atoms with Crippen molar-refractivity contribution in [1.82, 2.24) is 9.88 Å². The SMILES string of the molecule is Cc1cc(N2C[C@@H](C)C[C@H](C)C2)nc2ccc(NC(=O)CCC(=O)N3CCCCCC3)cc12. The molecule has 2 amide bonds. The molecule has 0 aliphatic carbocycles. The highest BCUT2D eigenvalue weighted by atomic mass is 16.2. The lowest BCUT2D eigenvalue weighted by Crippen LogP contribution is -2.39. The van der Waals surface area contributed by atoms with Crippen molar-refractivity contribution in [3.8, 4) is 0 Å². The van der Waals surface area contributed by atoms with E-state index in [4.69, 9.17) is 4.98 Å². The van der Waals surface area contributed by atoms with Gasteiger partial charge in [-0.1, -0.05) is 26.7 Å². The largest absolute Gasteiger partial charge is 0.356 e. The fraction of sp³-hybridized carbons (Fsp3) is 0.593. The number of piperidine rings is 1. The number of pyridine rings is 1. The molecule has 2 fully saturated rings. The van der Waals surface area contributed by atoms with Crippen LogP contribution < -0.4 is 10.2 Å². The quantitative estimate of drug-likeness (QED) is 0.684. The monoisotopic (exact) mass is 450 g/mol. The Bertz CT molecular complexity index is 987. The number of hydrogen-bond acceptors (Lipinski definition) is 4. The van der Waals surface area contributed by atoms with E-state index in [-0.39, 0.29) is 24.7 Å². The predicted octanol–water partition coefficient (Wildman–Crippen LogP) is 5.15. The van der Waals surface area contributed by atoms with Crippen molar-refractivity contribution in [2.24, 2.45) is 11.8 Å². The van der Waals surface area contributed by atoms with Gasteiger partial charge in [-0.25, -0.2) is 4.98 Å². The first kappa shape index (κ1) is 23.5. The molecule has 6 heteroatoms. The number of fused-ring (bicyclic) bond motifs is 1. The summed E-state index contributed by atoms with van der Waals surface area (Å²) in [5.41, 5.74) is 2.87. The summed E-state index contributed by atoms with van der Waals surface area (Å²) in [6.07, 6.45) is 6.29. The average Bonchev–Trinajstić information content (AvgIpc) is 3.07. The van der Waals surface area contributed by atoms with Crippen LogP contribution >= 0.6 is 0 Å². The fourth-order valence-electron chi connectivity index (χ4n) is 5.39. The van der Waals surface area contributed by atoms with Crippen molar-refractivity contribution < 1.29 is 9.59 Å². The minimum atomic E-state index is -0.115. The summed E-state index contributed by atoms with van der Waals surface area (Å²) in [6.45, 7) is 10.5. The Hall–Kier alpha value is -2.63. The topological polar surface area (TPSA) is 65.5 Å². The normalized spacial score (nSPS) is 21.7. The van der Waals surface area contributed by atoms with Crippen molar-refractivity contribution in [3.05, 3.63) is 29.8 Å². The van der Waals surface area contributed by atoms with Gasteiger partial charge in [-0.05, 0) is 67.9 Å². The summed E-state index contributed by atoms with van der Waals surface area (Å²) < 4.78 is 0. The van der Waals surface area contributed by atoms with Gasteiger partial charge in [0.15, 0.2) is 0 Å². The number of carbonyl (C=O) groups is 2. The van der Waals surface area contributed by atoms with Crippen LogP contribution in [-0.4, -0.2) is 47.9 Å². The van der Waals surface area contributed by atoms with E-state index in [1.54, 1.807) is 0 Å². The van der Waals surface area contributed by atoms with Gasteiger partial charge in [-0.2, -0.15) is 0 Å². The minimum Gasteiger partial charge on any atom is -0.356 e. The highest BCUT2D eigenvalue weighted by molar-refractivity contribution is 5.96. The van der Waals surface area contributed by atoms with Gasteiger partial charge in [0, 0.05) is 50.1 Å². The van der Waals surface area contributed by atoms with Crippen molar-refractivity contribution in [3.63, 3.8) is 0 Å². The van der Waals surface area contributed by atoms with Crippen molar-refractivity contribution in [2.45, 2.75) is 65.7 Å². The Morgan fingerprint density at radius 1 is 1.00 bits per heavy atom. The number of nitrogens with zero attached hydrogens (tertiary/aromatic N) is 3. The van der Waals surface area contributed by atoms with Gasteiger partial charge in [0.2, 0.25) is 11.8 Å². The number of aryl methyl sites for hydroxylation is 1. The summed E-state index contributed by atoms with van der Waals surface area (Å²) >= 11 is 0. The second-order valence-corrected chi connectivity index (χ2v) is 10.2. The fourth-order valence-corrected chi connectivity index (χ4v) is 5.39. The van der Waals surface area contributed by atoms with E-state index in [1.807, 2.05) is 23.1 Å². The summed E-state index contributed by atoms with van der Waals surface area (Å²) in [5.74, 6) is 2.38. The van der Waals surface area contributed by atoms with E-state index >= 15 is 0 Å². The minimum absolute atomic E-state index is 0.0967. The molecule has 3 heterocycles. The number of benzene rings is 1. The number of nitrogens with one attached hydrogen (secondary N) is 1. The van der Waals surface area contributed by atoms with Crippen LogP contribution in [0.1, 0.15) is 64.4 Å². The average molecular weight is 451 g/mol. The van der Waals surface area contributed by atoms with Crippen LogP contribution in [0.3, 0.4) is 0 Å². The summed E-state index contributed by atoms with van der Waals surface area (Å²) in [7, 11) is 0. The third-order valence-corrected chi connectivity index (χ3v) is 7.00. The summed E-state index contributed by atoms with van der Waals surface area (Å²) in [6, 6.07) is 8.06. The molecule has 4 rings (SSSR count). The molecule has 6 nitrogen and oxygen atoms in total.